The lowest BCUT2D eigenvalue weighted by Gasteiger charge is -2.24. The Morgan fingerprint density at radius 3 is 2.40 bits per heavy atom. The quantitative estimate of drug-likeness (QED) is 0.593. The van der Waals surface area contributed by atoms with E-state index in [-0.39, 0.29) is 12.0 Å². The molecule has 3 rings (SSSR count). The van der Waals surface area contributed by atoms with Gasteiger partial charge < -0.3 is 14.5 Å². The first-order valence-corrected chi connectivity index (χ1v) is 10.5. The summed E-state index contributed by atoms with van der Waals surface area (Å²) >= 11 is 12.2. The summed E-state index contributed by atoms with van der Waals surface area (Å²) in [5.74, 6) is -0.0737. The number of benzene rings is 2. The maximum absolute atomic E-state index is 13.2. The minimum absolute atomic E-state index is 0.0737. The summed E-state index contributed by atoms with van der Waals surface area (Å²) in [7, 11) is 4.01. The fourth-order valence-corrected chi connectivity index (χ4v) is 3.60. The molecule has 2 amide bonds. The van der Waals surface area contributed by atoms with Gasteiger partial charge in [0.2, 0.25) is 0 Å². The normalized spacial score (nSPS) is 13.6. The topological polar surface area (TPSA) is 53.1 Å². The molecule has 1 saturated heterocycles. The second kappa shape index (κ2) is 10.2. The van der Waals surface area contributed by atoms with Crippen LogP contribution in [-0.2, 0) is 11.3 Å². The SMILES string of the molecule is CN(C)CCCN(Cc1ccc(Cl)c(Cl)c1)C(=O)c1ccc(N2CCOC2=O)cc1. The number of ether oxygens (including phenoxy) is 1. The Morgan fingerprint density at radius 2 is 1.80 bits per heavy atom. The zero-order valence-corrected chi connectivity index (χ0v) is 18.6. The van der Waals surface area contributed by atoms with Gasteiger partial charge in [0.1, 0.15) is 6.61 Å². The Kier molecular flexibility index (Phi) is 7.58. The highest BCUT2D eigenvalue weighted by Gasteiger charge is 2.24. The van der Waals surface area contributed by atoms with Crippen molar-refractivity contribution in [2.75, 3.05) is 45.2 Å². The van der Waals surface area contributed by atoms with E-state index in [1.165, 1.54) is 0 Å². The van der Waals surface area contributed by atoms with Crippen LogP contribution in [0.4, 0.5) is 10.5 Å². The van der Waals surface area contributed by atoms with Crippen LogP contribution in [0, 0.1) is 0 Å². The first-order chi connectivity index (χ1) is 14.3. The van der Waals surface area contributed by atoms with Gasteiger partial charge in [-0.3, -0.25) is 9.69 Å². The molecule has 0 aliphatic carbocycles. The number of amides is 2. The molecule has 0 unspecified atom stereocenters. The zero-order valence-electron chi connectivity index (χ0n) is 17.1. The van der Waals surface area contributed by atoms with E-state index in [4.69, 9.17) is 27.9 Å². The smallest absolute Gasteiger partial charge is 0.414 e. The van der Waals surface area contributed by atoms with Crippen molar-refractivity contribution >= 4 is 40.9 Å². The number of anilines is 1. The molecule has 0 N–H and O–H groups in total. The lowest BCUT2D eigenvalue weighted by atomic mass is 10.1. The van der Waals surface area contributed by atoms with Gasteiger partial charge in [-0.25, -0.2) is 4.79 Å². The lowest BCUT2D eigenvalue weighted by Crippen LogP contribution is -2.33. The van der Waals surface area contributed by atoms with Gasteiger partial charge in [0.05, 0.1) is 16.6 Å². The van der Waals surface area contributed by atoms with Crippen molar-refractivity contribution in [2.24, 2.45) is 0 Å². The van der Waals surface area contributed by atoms with Crippen LogP contribution < -0.4 is 4.90 Å². The fourth-order valence-electron chi connectivity index (χ4n) is 3.28. The van der Waals surface area contributed by atoms with Gasteiger partial charge in [-0.05, 0) is 69.0 Å². The van der Waals surface area contributed by atoms with Crippen LogP contribution in [0.1, 0.15) is 22.3 Å². The van der Waals surface area contributed by atoms with E-state index in [9.17, 15) is 9.59 Å². The molecule has 6 nitrogen and oxygen atoms in total. The molecule has 1 heterocycles. The third-order valence-electron chi connectivity index (χ3n) is 4.86. The van der Waals surface area contributed by atoms with E-state index in [0.29, 0.717) is 41.8 Å². The van der Waals surface area contributed by atoms with E-state index >= 15 is 0 Å². The van der Waals surface area contributed by atoms with Crippen LogP contribution in [0.15, 0.2) is 42.5 Å². The van der Waals surface area contributed by atoms with Crippen LogP contribution in [0.5, 0.6) is 0 Å². The summed E-state index contributed by atoms with van der Waals surface area (Å²) in [5.41, 5.74) is 2.20. The average molecular weight is 450 g/mol. The predicted molar refractivity (Wildman–Crippen MR) is 120 cm³/mol. The summed E-state index contributed by atoms with van der Waals surface area (Å²) in [6, 6.07) is 12.5. The van der Waals surface area contributed by atoms with E-state index in [0.717, 1.165) is 24.2 Å². The third kappa shape index (κ3) is 5.65. The van der Waals surface area contributed by atoms with E-state index in [2.05, 4.69) is 4.90 Å². The first kappa shape index (κ1) is 22.4. The number of carbonyl (C=O) groups is 2. The standard InChI is InChI=1S/C22H25Cl2N3O3/c1-25(2)10-3-11-26(15-16-4-9-19(23)20(24)14-16)21(28)17-5-7-18(8-6-17)27-12-13-30-22(27)29/h4-9,14H,3,10-13,15H2,1-2H3. The highest BCUT2D eigenvalue weighted by atomic mass is 35.5. The van der Waals surface area contributed by atoms with Gasteiger partial charge in [0.15, 0.2) is 0 Å². The second-order valence-corrected chi connectivity index (χ2v) is 8.26. The van der Waals surface area contributed by atoms with Gasteiger partial charge in [-0.1, -0.05) is 29.3 Å². The highest BCUT2D eigenvalue weighted by molar-refractivity contribution is 6.42. The number of nitrogens with zero attached hydrogens (tertiary/aromatic N) is 3. The maximum Gasteiger partial charge on any atom is 0.414 e. The molecule has 8 heteroatoms. The number of hydrogen-bond acceptors (Lipinski definition) is 4. The van der Waals surface area contributed by atoms with Crippen molar-refractivity contribution < 1.29 is 14.3 Å². The summed E-state index contributed by atoms with van der Waals surface area (Å²) in [5, 5.41) is 0.957. The molecule has 1 aliphatic heterocycles. The Hall–Kier alpha value is -2.28. The monoisotopic (exact) mass is 449 g/mol. The number of rotatable bonds is 8. The Labute approximate surface area is 186 Å². The van der Waals surface area contributed by atoms with Crippen molar-refractivity contribution in [3.63, 3.8) is 0 Å². The largest absolute Gasteiger partial charge is 0.447 e. The minimum Gasteiger partial charge on any atom is -0.447 e. The first-order valence-electron chi connectivity index (χ1n) is 9.77. The molecule has 0 atom stereocenters. The predicted octanol–water partition coefficient (Wildman–Crippen LogP) is 4.54. The van der Waals surface area contributed by atoms with E-state index in [1.54, 1.807) is 41.3 Å². The Morgan fingerprint density at radius 1 is 1.07 bits per heavy atom. The van der Waals surface area contributed by atoms with Crippen molar-refractivity contribution in [1.82, 2.24) is 9.80 Å². The summed E-state index contributed by atoms with van der Waals surface area (Å²) in [6.45, 7) is 2.81. The molecule has 1 aliphatic rings. The molecule has 1 fully saturated rings. The Balaban J connectivity index is 1.76. The van der Waals surface area contributed by atoms with Crippen molar-refractivity contribution in [3.8, 4) is 0 Å². The molecule has 0 bridgehead atoms. The van der Waals surface area contributed by atoms with E-state index < -0.39 is 0 Å². The maximum atomic E-state index is 13.2. The molecule has 0 saturated carbocycles. The molecular formula is C22H25Cl2N3O3. The highest BCUT2D eigenvalue weighted by Crippen LogP contribution is 2.24. The van der Waals surface area contributed by atoms with Crippen molar-refractivity contribution in [2.45, 2.75) is 13.0 Å². The zero-order chi connectivity index (χ0) is 21.7. The molecule has 30 heavy (non-hydrogen) atoms. The number of halogens is 2. The van der Waals surface area contributed by atoms with Crippen molar-refractivity contribution in [1.29, 1.82) is 0 Å². The number of hydrogen-bond donors (Lipinski definition) is 0. The molecule has 0 spiro atoms. The van der Waals surface area contributed by atoms with Gasteiger partial charge in [0.25, 0.3) is 5.91 Å². The van der Waals surface area contributed by atoms with Crippen LogP contribution in [0.25, 0.3) is 0 Å². The number of cyclic esters (lactones) is 1. The third-order valence-corrected chi connectivity index (χ3v) is 5.60. The van der Waals surface area contributed by atoms with Gasteiger partial charge in [0, 0.05) is 24.3 Å². The van der Waals surface area contributed by atoms with E-state index in [1.807, 2.05) is 25.1 Å². The fraction of sp³-hybridized carbons (Fsp3) is 0.364. The lowest BCUT2D eigenvalue weighted by molar-refractivity contribution is 0.0737. The number of carbonyl (C=O) groups excluding carboxylic acids is 2. The molecule has 160 valence electrons. The minimum atomic E-state index is -0.362. The second-order valence-electron chi connectivity index (χ2n) is 7.44. The molecule has 2 aromatic carbocycles. The molecule has 2 aromatic rings. The summed E-state index contributed by atoms with van der Waals surface area (Å²) < 4.78 is 4.97. The summed E-state index contributed by atoms with van der Waals surface area (Å²) in [6.07, 6.45) is 0.483. The van der Waals surface area contributed by atoms with Gasteiger partial charge in [-0.2, -0.15) is 0 Å². The molecule has 0 aromatic heterocycles. The Bertz CT molecular complexity index is 903. The van der Waals surface area contributed by atoms with Crippen LogP contribution >= 0.6 is 23.2 Å². The average Bonchev–Trinajstić information content (AvgIpc) is 3.15. The van der Waals surface area contributed by atoms with Crippen LogP contribution in [0.2, 0.25) is 10.0 Å². The molecular weight excluding hydrogens is 425 g/mol. The van der Waals surface area contributed by atoms with Crippen molar-refractivity contribution in [3.05, 3.63) is 63.6 Å². The van der Waals surface area contributed by atoms with Crippen LogP contribution in [0.3, 0.4) is 0 Å². The summed E-state index contributed by atoms with van der Waals surface area (Å²) in [4.78, 5) is 30.4. The van der Waals surface area contributed by atoms with Gasteiger partial charge >= 0.3 is 6.09 Å². The van der Waals surface area contributed by atoms with Crippen LogP contribution in [-0.4, -0.2) is 62.1 Å². The molecule has 0 radical (unpaired) electrons. The van der Waals surface area contributed by atoms with Gasteiger partial charge in [-0.15, -0.1) is 0 Å².